The highest BCUT2D eigenvalue weighted by atomic mass is 16.5. The van der Waals surface area contributed by atoms with Crippen molar-refractivity contribution in [3.05, 3.63) is 65.5 Å². The third-order valence-electron chi connectivity index (χ3n) is 10.4. The number of ether oxygens (including phenoxy) is 1. The van der Waals surface area contributed by atoms with Gasteiger partial charge in [-0.25, -0.2) is 0 Å². The summed E-state index contributed by atoms with van der Waals surface area (Å²) in [6.45, 7) is 1.67. The summed E-state index contributed by atoms with van der Waals surface area (Å²) in [5.74, 6) is 0.509. The fraction of sp³-hybridized carbons (Fsp3) is 0.469. The number of hydrogen-bond acceptors (Lipinski definition) is 7. The molecule has 1 spiro atoms. The van der Waals surface area contributed by atoms with Crippen molar-refractivity contribution in [1.82, 2.24) is 20.5 Å². The molecule has 2 aliphatic heterocycles. The number of likely N-dealkylation sites (tertiary alicyclic amines) is 1. The molecule has 5 aliphatic rings. The van der Waals surface area contributed by atoms with Crippen LogP contribution in [0.1, 0.15) is 53.7 Å². The fourth-order valence-electron chi connectivity index (χ4n) is 8.35. The number of nitrogens with zero attached hydrogens (tertiary/aromatic N) is 2. The summed E-state index contributed by atoms with van der Waals surface area (Å²) in [5, 5.41) is 31.0. The van der Waals surface area contributed by atoms with E-state index in [4.69, 9.17) is 4.74 Å². The van der Waals surface area contributed by atoms with Crippen LogP contribution in [0.2, 0.25) is 0 Å². The monoisotopic (exact) mass is 554 g/mol. The third kappa shape index (κ3) is 3.64. The average Bonchev–Trinajstić information content (AvgIpc) is 3.72. The average molecular weight is 555 g/mol. The van der Waals surface area contributed by atoms with Gasteiger partial charge in [0.15, 0.2) is 11.5 Å². The molecule has 0 radical (unpaired) electrons. The second-order valence-corrected chi connectivity index (χ2v) is 12.6. The van der Waals surface area contributed by atoms with Crippen LogP contribution >= 0.6 is 0 Å². The number of nitrogens with one attached hydrogen (secondary N) is 2. The maximum atomic E-state index is 13.2. The Morgan fingerprint density at radius 2 is 1.93 bits per heavy atom. The maximum Gasteiger partial charge on any atom is 0.270 e. The van der Waals surface area contributed by atoms with Crippen molar-refractivity contribution in [1.29, 1.82) is 0 Å². The van der Waals surface area contributed by atoms with Gasteiger partial charge in [0, 0.05) is 29.7 Å². The van der Waals surface area contributed by atoms with Crippen molar-refractivity contribution in [3.8, 4) is 11.5 Å². The number of fused-ring (bicyclic) bond motifs is 1. The van der Waals surface area contributed by atoms with Crippen LogP contribution in [0.4, 0.5) is 0 Å². The molecule has 2 amide bonds. The van der Waals surface area contributed by atoms with Gasteiger partial charge in [-0.3, -0.25) is 19.5 Å². The molecule has 2 aromatic carbocycles. The van der Waals surface area contributed by atoms with Gasteiger partial charge < -0.3 is 25.6 Å². The van der Waals surface area contributed by atoms with Gasteiger partial charge in [0.05, 0.1) is 23.6 Å². The van der Waals surface area contributed by atoms with Crippen LogP contribution in [0.15, 0.2) is 48.7 Å². The van der Waals surface area contributed by atoms with E-state index < -0.39 is 23.0 Å². The molecule has 8 rings (SSSR count). The van der Waals surface area contributed by atoms with E-state index in [-0.39, 0.29) is 36.0 Å². The molecule has 2 saturated carbocycles. The van der Waals surface area contributed by atoms with Gasteiger partial charge in [0.2, 0.25) is 5.91 Å². The molecule has 41 heavy (non-hydrogen) atoms. The minimum Gasteiger partial charge on any atom is -0.504 e. The van der Waals surface area contributed by atoms with Gasteiger partial charge in [0.1, 0.15) is 11.8 Å². The number of benzene rings is 2. The summed E-state index contributed by atoms with van der Waals surface area (Å²) in [6.07, 6.45) is 6.18. The third-order valence-corrected chi connectivity index (χ3v) is 10.4. The Kier molecular flexibility index (Phi) is 5.44. The van der Waals surface area contributed by atoms with Crippen molar-refractivity contribution in [2.45, 2.75) is 67.7 Å². The van der Waals surface area contributed by atoms with E-state index in [2.05, 4.69) is 20.5 Å². The molecular formula is C32H34N4O5. The fourth-order valence-corrected chi connectivity index (χ4v) is 8.35. The molecule has 3 aliphatic carbocycles. The van der Waals surface area contributed by atoms with Gasteiger partial charge in [-0.15, -0.1) is 0 Å². The minimum absolute atomic E-state index is 0.0173. The second kappa shape index (κ2) is 8.90. The number of phenolic OH excluding ortho intramolecular Hbond substituents is 1. The summed E-state index contributed by atoms with van der Waals surface area (Å²) in [7, 11) is 0. The van der Waals surface area contributed by atoms with Crippen molar-refractivity contribution >= 4 is 22.6 Å². The van der Waals surface area contributed by atoms with Crippen molar-refractivity contribution < 1.29 is 24.5 Å². The van der Waals surface area contributed by atoms with E-state index in [1.54, 1.807) is 18.3 Å². The first-order valence-electron chi connectivity index (χ1n) is 14.8. The summed E-state index contributed by atoms with van der Waals surface area (Å²) in [6, 6.07) is 12.7. The Bertz CT molecular complexity index is 1590. The Morgan fingerprint density at radius 3 is 2.76 bits per heavy atom. The zero-order chi connectivity index (χ0) is 27.9. The summed E-state index contributed by atoms with van der Waals surface area (Å²) < 4.78 is 6.51. The SMILES string of the molecule is O=C(CNC(=O)c1cc2ccccc2cn1)N[C@@H]1CC[C@@]2(O)[C@H]3Cc4ccc(O)c5c4[C@@]2(CCN3CC2CC2)[C@H]1O5. The molecule has 4 N–H and O–H groups in total. The zero-order valence-electron chi connectivity index (χ0n) is 22.8. The van der Waals surface area contributed by atoms with Gasteiger partial charge >= 0.3 is 0 Å². The van der Waals surface area contributed by atoms with E-state index in [9.17, 15) is 19.8 Å². The molecular weight excluding hydrogens is 520 g/mol. The lowest BCUT2D eigenvalue weighted by molar-refractivity contribution is -0.192. The molecule has 3 aromatic rings. The number of phenols is 1. The van der Waals surface area contributed by atoms with E-state index >= 15 is 0 Å². The summed E-state index contributed by atoms with van der Waals surface area (Å²) in [5.41, 5.74) is 0.600. The Hall–Kier alpha value is -3.69. The number of amides is 2. The number of aromatic hydroxyl groups is 1. The Morgan fingerprint density at radius 1 is 1.10 bits per heavy atom. The lowest BCUT2D eigenvalue weighted by Crippen LogP contribution is -2.78. The second-order valence-electron chi connectivity index (χ2n) is 12.6. The molecule has 9 nitrogen and oxygen atoms in total. The Labute approximate surface area is 237 Å². The predicted molar refractivity (Wildman–Crippen MR) is 151 cm³/mol. The van der Waals surface area contributed by atoms with Crippen molar-refractivity contribution in [3.63, 3.8) is 0 Å². The van der Waals surface area contributed by atoms with Gasteiger partial charge in [-0.1, -0.05) is 30.3 Å². The highest BCUT2D eigenvalue weighted by Gasteiger charge is 2.73. The largest absolute Gasteiger partial charge is 0.504 e. The van der Waals surface area contributed by atoms with Crippen LogP contribution in [0, 0.1) is 5.92 Å². The predicted octanol–water partition coefficient (Wildman–Crippen LogP) is 2.42. The van der Waals surface area contributed by atoms with Crippen molar-refractivity contribution in [2.75, 3.05) is 19.6 Å². The lowest BCUT2D eigenvalue weighted by atomic mass is 9.48. The first-order valence-corrected chi connectivity index (χ1v) is 14.8. The molecule has 2 bridgehead atoms. The number of carbonyl (C=O) groups excluding carboxylic acids is 2. The molecule has 5 atom stereocenters. The molecule has 1 aromatic heterocycles. The first-order chi connectivity index (χ1) is 19.9. The van der Waals surface area contributed by atoms with Crippen LogP contribution in [0.5, 0.6) is 11.5 Å². The topological polar surface area (TPSA) is 124 Å². The van der Waals surface area contributed by atoms with Crippen molar-refractivity contribution in [2.24, 2.45) is 5.92 Å². The number of aromatic nitrogens is 1. The maximum absolute atomic E-state index is 13.2. The highest BCUT2D eigenvalue weighted by Crippen LogP contribution is 2.65. The van der Waals surface area contributed by atoms with Crippen LogP contribution in [0.3, 0.4) is 0 Å². The van der Waals surface area contributed by atoms with Crippen LogP contribution in [-0.4, -0.2) is 75.3 Å². The normalized spacial score (nSPS) is 31.3. The van der Waals surface area contributed by atoms with Crippen LogP contribution in [-0.2, 0) is 16.6 Å². The molecule has 3 fully saturated rings. The van der Waals surface area contributed by atoms with E-state index in [0.29, 0.717) is 25.0 Å². The Balaban J connectivity index is 1.03. The summed E-state index contributed by atoms with van der Waals surface area (Å²) in [4.78, 5) is 32.7. The minimum atomic E-state index is -1.01. The quantitative estimate of drug-likeness (QED) is 0.369. The van der Waals surface area contributed by atoms with Crippen LogP contribution in [0.25, 0.3) is 10.8 Å². The number of pyridine rings is 1. The summed E-state index contributed by atoms with van der Waals surface area (Å²) >= 11 is 0. The number of hydrogen-bond donors (Lipinski definition) is 4. The molecule has 9 heteroatoms. The lowest BCUT2D eigenvalue weighted by Gasteiger charge is -2.64. The van der Waals surface area contributed by atoms with Gasteiger partial charge in [-0.05, 0) is 74.1 Å². The number of piperidine rings is 1. The molecule has 0 unspecified atom stereocenters. The number of carbonyl (C=O) groups is 2. The first kappa shape index (κ1) is 25.1. The van der Waals surface area contributed by atoms with E-state index in [0.717, 1.165) is 47.3 Å². The molecule has 3 heterocycles. The standard InChI is InChI=1S/C32H34N4O5/c37-24-8-7-20-14-25-32(40)10-9-22(29-31(32,27(20)28(24)41-29)11-12-36(25)17-18-5-6-18)35-26(38)16-34-30(39)23-13-19-3-1-2-4-21(19)15-33-23/h1-4,7-8,13,15,18,22,25,29,37,40H,5-6,9-12,14,16-17H2,(H,34,39)(H,35,38)/t22-,25-,29+,31+,32-/m1/s1. The van der Waals surface area contributed by atoms with E-state index in [1.165, 1.54) is 12.8 Å². The van der Waals surface area contributed by atoms with Gasteiger partial charge in [-0.2, -0.15) is 0 Å². The van der Waals surface area contributed by atoms with Crippen LogP contribution < -0.4 is 15.4 Å². The molecule has 212 valence electrons. The van der Waals surface area contributed by atoms with Gasteiger partial charge in [0.25, 0.3) is 5.91 Å². The number of aliphatic hydroxyl groups is 1. The highest BCUT2D eigenvalue weighted by molar-refractivity contribution is 5.98. The smallest absolute Gasteiger partial charge is 0.270 e. The van der Waals surface area contributed by atoms with E-state index in [1.807, 2.05) is 30.3 Å². The molecule has 1 saturated heterocycles. The zero-order valence-corrected chi connectivity index (χ0v) is 22.8. The number of rotatable bonds is 6.